The predicted octanol–water partition coefficient (Wildman–Crippen LogP) is 1.06. The first-order valence-corrected chi connectivity index (χ1v) is 5.87. The molecular weight excluding hydrogens is 250 g/mol. The smallest absolute Gasteiger partial charge is 0.344 e. The summed E-state index contributed by atoms with van der Waals surface area (Å²) >= 11 is 0. The van der Waals surface area contributed by atoms with Crippen molar-refractivity contribution < 1.29 is 24.1 Å². The van der Waals surface area contributed by atoms with Gasteiger partial charge in [0.25, 0.3) is 0 Å². The zero-order valence-corrected chi connectivity index (χ0v) is 11.3. The van der Waals surface area contributed by atoms with Gasteiger partial charge in [-0.15, -0.1) is 0 Å². The average Bonchev–Trinajstić information content (AvgIpc) is 2.39. The van der Waals surface area contributed by atoms with Crippen molar-refractivity contribution in [1.82, 2.24) is 0 Å². The maximum atomic E-state index is 10.8. The summed E-state index contributed by atoms with van der Waals surface area (Å²) in [6.07, 6.45) is -0.329. The standard InChI is InChI=1S/C13H19NO5/c1-8(13(15)16)19-12-10(17-2)6-9(4-5-14)7-11(12)18-3/h6-8H,4-5,14H2,1-3H3,(H,15,16). The Hall–Kier alpha value is -1.95. The number of hydrogen-bond acceptors (Lipinski definition) is 5. The number of nitrogens with two attached hydrogens (primary N) is 1. The van der Waals surface area contributed by atoms with Gasteiger partial charge in [-0.3, -0.25) is 0 Å². The summed E-state index contributed by atoms with van der Waals surface area (Å²) in [5.74, 6) is 0.0719. The van der Waals surface area contributed by atoms with Crippen LogP contribution < -0.4 is 19.9 Å². The Morgan fingerprint density at radius 3 is 2.21 bits per heavy atom. The normalized spacial score (nSPS) is 11.8. The predicted molar refractivity (Wildman–Crippen MR) is 70.0 cm³/mol. The van der Waals surface area contributed by atoms with Gasteiger partial charge in [0.15, 0.2) is 17.6 Å². The third-order valence-electron chi connectivity index (χ3n) is 2.60. The Balaban J connectivity index is 3.16. The van der Waals surface area contributed by atoms with Gasteiger partial charge in [0.05, 0.1) is 14.2 Å². The Kier molecular flexibility index (Phi) is 5.44. The van der Waals surface area contributed by atoms with Crippen LogP contribution in [0.4, 0.5) is 0 Å². The number of aliphatic carboxylic acids is 1. The summed E-state index contributed by atoms with van der Waals surface area (Å²) in [5.41, 5.74) is 6.45. The fraction of sp³-hybridized carbons (Fsp3) is 0.462. The fourth-order valence-electron chi connectivity index (χ4n) is 1.59. The van der Waals surface area contributed by atoms with Crippen LogP contribution in [0.1, 0.15) is 12.5 Å². The SMILES string of the molecule is COc1cc(CCN)cc(OC)c1OC(C)C(=O)O. The van der Waals surface area contributed by atoms with Crippen LogP contribution in [0.25, 0.3) is 0 Å². The van der Waals surface area contributed by atoms with E-state index < -0.39 is 12.1 Å². The van der Waals surface area contributed by atoms with E-state index in [4.69, 9.17) is 25.1 Å². The lowest BCUT2D eigenvalue weighted by Crippen LogP contribution is -2.23. The Morgan fingerprint density at radius 1 is 1.32 bits per heavy atom. The molecule has 0 aliphatic heterocycles. The molecule has 6 heteroatoms. The second kappa shape index (κ2) is 6.84. The van der Waals surface area contributed by atoms with E-state index in [-0.39, 0.29) is 5.75 Å². The molecule has 0 bridgehead atoms. The van der Waals surface area contributed by atoms with E-state index in [1.807, 2.05) is 0 Å². The van der Waals surface area contributed by atoms with Crippen molar-refractivity contribution in [3.63, 3.8) is 0 Å². The van der Waals surface area contributed by atoms with Crippen molar-refractivity contribution in [3.8, 4) is 17.2 Å². The highest BCUT2D eigenvalue weighted by Gasteiger charge is 2.20. The van der Waals surface area contributed by atoms with E-state index >= 15 is 0 Å². The molecule has 0 aromatic heterocycles. The second-order valence-corrected chi connectivity index (χ2v) is 3.97. The van der Waals surface area contributed by atoms with Gasteiger partial charge in [0.2, 0.25) is 5.75 Å². The third kappa shape index (κ3) is 3.75. The van der Waals surface area contributed by atoms with E-state index in [9.17, 15) is 4.79 Å². The van der Waals surface area contributed by atoms with Gasteiger partial charge in [0.1, 0.15) is 0 Å². The van der Waals surface area contributed by atoms with Crippen LogP contribution in [-0.2, 0) is 11.2 Å². The molecule has 1 aromatic carbocycles. The van der Waals surface area contributed by atoms with Crippen molar-refractivity contribution in [3.05, 3.63) is 17.7 Å². The molecule has 0 spiro atoms. The molecule has 0 radical (unpaired) electrons. The number of ether oxygens (including phenoxy) is 3. The van der Waals surface area contributed by atoms with Crippen LogP contribution in [0.3, 0.4) is 0 Å². The van der Waals surface area contributed by atoms with Crippen molar-refractivity contribution in [2.24, 2.45) is 5.73 Å². The molecule has 3 N–H and O–H groups in total. The lowest BCUT2D eigenvalue weighted by molar-refractivity contribution is -0.144. The van der Waals surface area contributed by atoms with Crippen LogP contribution in [0.5, 0.6) is 17.2 Å². The highest BCUT2D eigenvalue weighted by Crippen LogP contribution is 2.39. The third-order valence-corrected chi connectivity index (χ3v) is 2.60. The van der Waals surface area contributed by atoms with Gasteiger partial charge in [-0.2, -0.15) is 0 Å². The molecule has 1 atom stereocenters. The molecule has 0 heterocycles. The van der Waals surface area contributed by atoms with Crippen molar-refractivity contribution in [2.45, 2.75) is 19.4 Å². The molecule has 19 heavy (non-hydrogen) atoms. The molecule has 1 rings (SSSR count). The van der Waals surface area contributed by atoms with Gasteiger partial charge >= 0.3 is 5.97 Å². The van der Waals surface area contributed by atoms with Gasteiger partial charge in [-0.1, -0.05) is 0 Å². The molecule has 0 aliphatic rings. The minimum atomic E-state index is -1.06. The molecule has 0 fully saturated rings. The first-order valence-electron chi connectivity index (χ1n) is 5.87. The summed E-state index contributed by atoms with van der Waals surface area (Å²) in [4.78, 5) is 10.8. The van der Waals surface area contributed by atoms with Crippen LogP contribution >= 0.6 is 0 Å². The maximum absolute atomic E-state index is 10.8. The van der Waals surface area contributed by atoms with Crippen LogP contribution in [-0.4, -0.2) is 37.9 Å². The minimum Gasteiger partial charge on any atom is -0.493 e. The highest BCUT2D eigenvalue weighted by molar-refractivity contribution is 5.72. The number of carboxylic acid groups (broad SMARTS) is 1. The van der Waals surface area contributed by atoms with E-state index in [1.165, 1.54) is 21.1 Å². The first-order chi connectivity index (χ1) is 9.03. The van der Waals surface area contributed by atoms with Crippen LogP contribution in [0.15, 0.2) is 12.1 Å². The van der Waals surface area contributed by atoms with Gasteiger partial charge in [0, 0.05) is 0 Å². The molecule has 106 valence electrons. The second-order valence-electron chi connectivity index (χ2n) is 3.97. The minimum absolute atomic E-state index is 0.278. The molecule has 0 saturated carbocycles. The average molecular weight is 269 g/mol. The van der Waals surface area contributed by atoms with E-state index in [2.05, 4.69) is 0 Å². The Morgan fingerprint density at radius 2 is 1.84 bits per heavy atom. The molecule has 0 saturated heterocycles. The lowest BCUT2D eigenvalue weighted by atomic mass is 10.1. The van der Waals surface area contributed by atoms with Crippen molar-refractivity contribution in [2.75, 3.05) is 20.8 Å². The van der Waals surface area contributed by atoms with Crippen LogP contribution in [0.2, 0.25) is 0 Å². The molecule has 0 amide bonds. The summed E-state index contributed by atoms with van der Waals surface area (Å²) in [6, 6.07) is 3.53. The Labute approximate surface area is 112 Å². The summed E-state index contributed by atoms with van der Waals surface area (Å²) in [7, 11) is 2.97. The van der Waals surface area contributed by atoms with E-state index in [0.29, 0.717) is 24.5 Å². The molecule has 0 aliphatic carbocycles. The number of benzene rings is 1. The quantitative estimate of drug-likeness (QED) is 0.769. The monoisotopic (exact) mass is 269 g/mol. The Bertz CT molecular complexity index is 422. The number of hydrogen-bond donors (Lipinski definition) is 2. The van der Waals surface area contributed by atoms with Gasteiger partial charge < -0.3 is 25.1 Å². The number of carbonyl (C=O) groups is 1. The van der Waals surface area contributed by atoms with Crippen molar-refractivity contribution >= 4 is 5.97 Å². The molecule has 1 unspecified atom stereocenters. The zero-order chi connectivity index (χ0) is 14.4. The van der Waals surface area contributed by atoms with Gasteiger partial charge in [-0.05, 0) is 37.6 Å². The first kappa shape index (κ1) is 15.1. The molecular formula is C13H19NO5. The topological polar surface area (TPSA) is 91.0 Å². The van der Waals surface area contributed by atoms with E-state index in [0.717, 1.165) is 5.56 Å². The summed E-state index contributed by atoms with van der Waals surface area (Å²) in [5, 5.41) is 8.89. The maximum Gasteiger partial charge on any atom is 0.344 e. The molecule has 6 nitrogen and oxygen atoms in total. The highest BCUT2D eigenvalue weighted by atomic mass is 16.6. The summed E-state index contributed by atoms with van der Waals surface area (Å²) in [6.45, 7) is 1.94. The number of rotatable bonds is 7. The van der Waals surface area contributed by atoms with Crippen molar-refractivity contribution in [1.29, 1.82) is 0 Å². The van der Waals surface area contributed by atoms with Gasteiger partial charge in [-0.25, -0.2) is 4.79 Å². The van der Waals surface area contributed by atoms with Crippen LogP contribution in [0, 0.1) is 0 Å². The van der Waals surface area contributed by atoms with E-state index in [1.54, 1.807) is 12.1 Å². The number of carboxylic acids is 1. The zero-order valence-electron chi connectivity index (χ0n) is 11.3. The lowest BCUT2D eigenvalue weighted by Gasteiger charge is -2.18. The number of methoxy groups -OCH3 is 2. The fourth-order valence-corrected chi connectivity index (χ4v) is 1.59. The largest absolute Gasteiger partial charge is 0.493 e. The summed E-state index contributed by atoms with van der Waals surface area (Å²) < 4.78 is 15.8. The molecule has 1 aromatic rings.